The molecule has 0 spiro atoms. The third-order valence-electron chi connectivity index (χ3n) is 3.80. The van der Waals surface area contributed by atoms with Gasteiger partial charge in [0.25, 0.3) is 5.91 Å². The number of ether oxygens (including phenoxy) is 1. The van der Waals surface area contributed by atoms with Crippen molar-refractivity contribution in [3.8, 4) is 0 Å². The summed E-state index contributed by atoms with van der Waals surface area (Å²) in [5.74, 6) is -0.105. The Morgan fingerprint density at radius 1 is 1.40 bits per heavy atom. The Morgan fingerprint density at radius 2 is 2.20 bits per heavy atom. The lowest BCUT2D eigenvalue weighted by Gasteiger charge is -2.29. The fourth-order valence-electron chi connectivity index (χ4n) is 2.85. The summed E-state index contributed by atoms with van der Waals surface area (Å²) in [5.41, 5.74) is 1.44. The molecular weight excluding hydrogens is 256 g/mol. The average molecular weight is 274 g/mol. The molecule has 0 aliphatic carbocycles. The summed E-state index contributed by atoms with van der Waals surface area (Å²) in [7, 11) is 0. The highest BCUT2D eigenvalue weighted by Crippen LogP contribution is 2.32. The van der Waals surface area contributed by atoms with Gasteiger partial charge < -0.3 is 15.0 Å². The van der Waals surface area contributed by atoms with Crippen molar-refractivity contribution in [2.24, 2.45) is 0 Å². The maximum Gasteiger partial charge on any atom is 0.256 e. The van der Waals surface area contributed by atoms with Crippen molar-refractivity contribution in [2.45, 2.75) is 38.3 Å². The Bertz CT molecular complexity index is 538. The van der Waals surface area contributed by atoms with Crippen molar-refractivity contribution in [3.63, 3.8) is 0 Å². The Hall–Kier alpha value is -1.88. The molecule has 0 bridgehead atoms. The van der Waals surface area contributed by atoms with E-state index in [1.165, 1.54) is 0 Å². The van der Waals surface area contributed by atoms with E-state index in [1.807, 2.05) is 31.2 Å². The molecule has 3 rings (SSSR count). The Labute approximate surface area is 117 Å². The maximum atomic E-state index is 12.7. The van der Waals surface area contributed by atoms with Crippen LogP contribution in [0.4, 0.5) is 11.4 Å². The number of rotatable bonds is 1. The number of benzene rings is 1. The number of carbonyl (C=O) groups excluding carboxylic acids is 2. The first-order valence-electron chi connectivity index (χ1n) is 7.00. The van der Waals surface area contributed by atoms with Gasteiger partial charge in [-0.2, -0.15) is 0 Å². The summed E-state index contributed by atoms with van der Waals surface area (Å²) in [6, 6.07) is 7.24. The van der Waals surface area contributed by atoms with Crippen LogP contribution in [0.2, 0.25) is 0 Å². The van der Waals surface area contributed by atoms with Crippen LogP contribution in [0.1, 0.15) is 26.2 Å². The molecule has 2 amide bonds. The highest BCUT2D eigenvalue weighted by Gasteiger charge is 2.35. The fraction of sp³-hybridized carbons (Fsp3) is 0.467. The molecule has 2 heterocycles. The zero-order valence-corrected chi connectivity index (χ0v) is 11.5. The molecule has 2 aliphatic rings. The molecule has 2 atom stereocenters. The molecule has 1 aromatic carbocycles. The highest BCUT2D eigenvalue weighted by molar-refractivity contribution is 6.05. The minimum Gasteiger partial charge on any atom is -0.368 e. The predicted molar refractivity (Wildman–Crippen MR) is 75.6 cm³/mol. The smallest absolute Gasteiger partial charge is 0.256 e. The number of hydrogen-bond donors (Lipinski definition) is 1. The van der Waals surface area contributed by atoms with Crippen LogP contribution >= 0.6 is 0 Å². The quantitative estimate of drug-likeness (QED) is 0.851. The third kappa shape index (κ3) is 2.29. The van der Waals surface area contributed by atoms with E-state index in [9.17, 15) is 9.59 Å². The molecule has 0 aromatic heterocycles. The normalized spacial score (nSPS) is 25.9. The summed E-state index contributed by atoms with van der Waals surface area (Å²) in [6.07, 6.45) is 1.59. The Balaban J connectivity index is 1.98. The lowest BCUT2D eigenvalue weighted by molar-refractivity contribution is -0.127. The van der Waals surface area contributed by atoms with E-state index in [-0.39, 0.29) is 24.0 Å². The summed E-state index contributed by atoms with van der Waals surface area (Å²) in [6.45, 7) is 2.53. The van der Waals surface area contributed by atoms with Gasteiger partial charge in [-0.3, -0.25) is 9.59 Å². The van der Waals surface area contributed by atoms with Gasteiger partial charge in [-0.25, -0.2) is 0 Å². The Morgan fingerprint density at radius 3 is 2.95 bits per heavy atom. The van der Waals surface area contributed by atoms with E-state index in [2.05, 4.69) is 5.32 Å². The van der Waals surface area contributed by atoms with Gasteiger partial charge in [0.1, 0.15) is 6.10 Å². The van der Waals surface area contributed by atoms with Gasteiger partial charge in [0.2, 0.25) is 5.91 Å². The molecular formula is C15H18N2O3. The molecule has 2 aliphatic heterocycles. The van der Waals surface area contributed by atoms with Gasteiger partial charge in [0.15, 0.2) is 0 Å². The minimum atomic E-state index is -0.376. The van der Waals surface area contributed by atoms with Crippen LogP contribution in [0, 0.1) is 0 Å². The van der Waals surface area contributed by atoms with E-state index in [1.54, 1.807) is 4.90 Å². The van der Waals surface area contributed by atoms with E-state index in [4.69, 9.17) is 4.74 Å². The van der Waals surface area contributed by atoms with E-state index >= 15 is 0 Å². The van der Waals surface area contributed by atoms with Crippen LogP contribution in [0.15, 0.2) is 24.3 Å². The lowest BCUT2D eigenvalue weighted by Crippen LogP contribution is -2.44. The molecule has 1 saturated heterocycles. The molecule has 1 N–H and O–H groups in total. The number of carbonyl (C=O) groups is 2. The number of nitrogens with zero attached hydrogens (tertiary/aromatic N) is 1. The third-order valence-corrected chi connectivity index (χ3v) is 3.80. The van der Waals surface area contributed by atoms with Gasteiger partial charge in [-0.05, 0) is 31.9 Å². The molecule has 20 heavy (non-hydrogen) atoms. The van der Waals surface area contributed by atoms with Crippen molar-refractivity contribution in [3.05, 3.63) is 24.3 Å². The number of para-hydroxylation sites is 2. The average Bonchev–Trinajstić information content (AvgIpc) is 2.90. The van der Waals surface area contributed by atoms with Crippen molar-refractivity contribution in [2.75, 3.05) is 16.8 Å². The molecule has 0 unspecified atom stereocenters. The summed E-state index contributed by atoms with van der Waals surface area (Å²) in [4.78, 5) is 26.3. The van der Waals surface area contributed by atoms with Gasteiger partial charge in [0.05, 0.1) is 11.4 Å². The van der Waals surface area contributed by atoms with Crippen LogP contribution in [0.3, 0.4) is 0 Å². The molecule has 1 fully saturated rings. The van der Waals surface area contributed by atoms with Gasteiger partial charge in [-0.15, -0.1) is 0 Å². The van der Waals surface area contributed by atoms with Crippen molar-refractivity contribution in [1.82, 2.24) is 0 Å². The highest BCUT2D eigenvalue weighted by atomic mass is 16.5. The van der Waals surface area contributed by atoms with Crippen LogP contribution in [-0.4, -0.2) is 30.6 Å². The number of nitrogens with one attached hydrogen (secondary N) is 1. The first kappa shape index (κ1) is 13.1. The van der Waals surface area contributed by atoms with Crippen molar-refractivity contribution < 1.29 is 14.3 Å². The number of hydrogen-bond acceptors (Lipinski definition) is 3. The topological polar surface area (TPSA) is 58.6 Å². The second kappa shape index (κ2) is 5.25. The van der Waals surface area contributed by atoms with E-state index in [0.717, 1.165) is 18.5 Å². The van der Waals surface area contributed by atoms with Gasteiger partial charge in [0, 0.05) is 19.1 Å². The second-order valence-corrected chi connectivity index (χ2v) is 5.33. The zero-order valence-electron chi connectivity index (χ0n) is 11.5. The predicted octanol–water partition coefficient (Wildman–Crippen LogP) is 1.93. The Kier molecular flexibility index (Phi) is 3.44. The van der Waals surface area contributed by atoms with Crippen LogP contribution < -0.4 is 10.2 Å². The minimum absolute atomic E-state index is 0.0426. The summed E-state index contributed by atoms with van der Waals surface area (Å²) < 4.78 is 5.50. The first-order chi connectivity index (χ1) is 9.66. The molecule has 1 aromatic rings. The molecule has 0 saturated carbocycles. The maximum absolute atomic E-state index is 12.7. The fourth-order valence-corrected chi connectivity index (χ4v) is 2.85. The standard InChI is InChI=1S/C15H18N2O3/c1-10-9-14(18)16-11-5-2-3-6-12(11)17(10)15(19)13-7-4-8-20-13/h2-3,5-6,10,13H,4,7-9H2,1H3,(H,16,18)/t10-,13-/m1/s1. The molecule has 106 valence electrons. The SMILES string of the molecule is C[C@@H]1CC(=O)Nc2ccccc2N1C(=O)[C@H]1CCCO1. The molecule has 0 radical (unpaired) electrons. The summed E-state index contributed by atoms with van der Waals surface area (Å²) >= 11 is 0. The van der Waals surface area contributed by atoms with Crippen molar-refractivity contribution >= 4 is 23.2 Å². The molecule has 5 nitrogen and oxygen atoms in total. The van der Waals surface area contributed by atoms with Gasteiger partial charge in [-0.1, -0.05) is 12.1 Å². The number of fused-ring (bicyclic) bond motifs is 1. The van der Waals surface area contributed by atoms with Crippen LogP contribution in [0.5, 0.6) is 0 Å². The monoisotopic (exact) mass is 274 g/mol. The summed E-state index contributed by atoms with van der Waals surface area (Å²) in [5, 5.41) is 2.85. The zero-order chi connectivity index (χ0) is 14.1. The van der Waals surface area contributed by atoms with E-state index < -0.39 is 0 Å². The van der Waals surface area contributed by atoms with E-state index in [0.29, 0.717) is 18.7 Å². The van der Waals surface area contributed by atoms with Crippen LogP contribution in [-0.2, 0) is 14.3 Å². The number of amides is 2. The largest absolute Gasteiger partial charge is 0.368 e. The first-order valence-corrected chi connectivity index (χ1v) is 7.00. The lowest BCUT2D eigenvalue weighted by atomic mass is 10.1. The molecule has 5 heteroatoms. The number of anilines is 2. The van der Waals surface area contributed by atoms with Gasteiger partial charge >= 0.3 is 0 Å². The van der Waals surface area contributed by atoms with Crippen molar-refractivity contribution in [1.29, 1.82) is 0 Å². The second-order valence-electron chi connectivity index (χ2n) is 5.33. The van der Waals surface area contributed by atoms with Crippen LogP contribution in [0.25, 0.3) is 0 Å².